The number of hydrogen-bond acceptors (Lipinski definition) is 12. The third-order valence-corrected chi connectivity index (χ3v) is 8.10. The van der Waals surface area contributed by atoms with Crippen LogP contribution in [0.25, 0.3) is 10.6 Å². The van der Waals surface area contributed by atoms with Crippen LogP contribution >= 0.6 is 22.7 Å². The van der Waals surface area contributed by atoms with Gasteiger partial charge in [-0.3, -0.25) is 4.79 Å². The number of carbonyl (C=O) groups excluding carboxylic acids is 2. The molecule has 0 bridgehead atoms. The highest BCUT2D eigenvalue weighted by molar-refractivity contribution is 7.16. The van der Waals surface area contributed by atoms with Crippen LogP contribution in [0.4, 0.5) is 30.1 Å². The Morgan fingerprint density at radius 1 is 1.05 bits per heavy atom. The number of thiazole rings is 2. The zero-order valence-electron chi connectivity index (χ0n) is 22.0. The van der Waals surface area contributed by atoms with Crippen LogP contribution in [0.15, 0.2) is 36.1 Å². The summed E-state index contributed by atoms with van der Waals surface area (Å²) < 4.78 is 46.8. The van der Waals surface area contributed by atoms with Gasteiger partial charge in [-0.05, 0) is 26.0 Å². The van der Waals surface area contributed by atoms with Crippen LogP contribution in [-0.4, -0.2) is 80.7 Å². The van der Waals surface area contributed by atoms with Crippen molar-refractivity contribution in [3.05, 3.63) is 57.9 Å². The normalized spacial score (nSPS) is 15.6. The number of piperazine rings is 1. The summed E-state index contributed by atoms with van der Waals surface area (Å²) in [6.45, 7) is 3.13. The molecular formula is C25H23F3N8O3S2. The number of hydrogen-bond donors (Lipinski definition) is 1. The Morgan fingerprint density at radius 3 is 2.39 bits per heavy atom. The summed E-state index contributed by atoms with van der Waals surface area (Å²) in [5.74, 6) is -1.04. The Morgan fingerprint density at radius 2 is 1.78 bits per heavy atom. The van der Waals surface area contributed by atoms with Crippen molar-refractivity contribution in [2.24, 2.45) is 0 Å². The summed E-state index contributed by atoms with van der Waals surface area (Å²) in [5.41, 5.74) is 1.78. The van der Waals surface area contributed by atoms with E-state index < -0.39 is 30.6 Å². The topological polar surface area (TPSA) is 126 Å². The summed E-state index contributed by atoms with van der Waals surface area (Å²) >= 11 is 2.92. The standard InChI is InChI=1S/C25H23F3N8O3S2/c1-13-20(41-14(2)32-13)17-12-40-24(33-17)34-19-5-4-15(8-29-19)21(37)36-7-6-35(11-18(36)25(26,27)28)23-30-9-16(10-31-23)22(38)39-3/h4-5,8-10,12,18H,6-7,11H2,1-3H3,(H,29,33,34). The fourth-order valence-electron chi connectivity index (χ4n) is 4.27. The number of amides is 1. The van der Waals surface area contributed by atoms with Crippen molar-refractivity contribution in [2.75, 3.05) is 37.0 Å². The van der Waals surface area contributed by atoms with Crippen molar-refractivity contribution in [1.29, 1.82) is 0 Å². The van der Waals surface area contributed by atoms with Gasteiger partial charge in [0.2, 0.25) is 5.95 Å². The second kappa shape index (κ2) is 11.4. The molecule has 1 aliphatic rings. The molecule has 5 heterocycles. The number of aryl methyl sites for hydroxylation is 2. The maximum atomic E-state index is 14.1. The third-order valence-electron chi connectivity index (χ3n) is 6.25. The number of aromatic nitrogens is 5. The highest BCUT2D eigenvalue weighted by Crippen LogP contribution is 2.33. The quantitative estimate of drug-likeness (QED) is 0.315. The van der Waals surface area contributed by atoms with Crippen molar-refractivity contribution < 1.29 is 27.5 Å². The van der Waals surface area contributed by atoms with Crippen LogP contribution < -0.4 is 10.2 Å². The van der Waals surface area contributed by atoms with Crippen molar-refractivity contribution in [3.63, 3.8) is 0 Å². The fourth-order valence-corrected chi connectivity index (χ4v) is 5.93. The van der Waals surface area contributed by atoms with E-state index in [9.17, 15) is 22.8 Å². The molecule has 1 amide bonds. The highest BCUT2D eigenvalue weighted by atomic mass is 32.1. The molecule has 0 radical (unpaired) electrons. The number of ether oxygens (including phenoxy) is 1. The summed E-state index contributed by atoms with van der Waals surface area (Å²) in [6.07, 6.45) is -1.09. The van der Waals surface area contributed by atoms with Crippen LogP contribution in [0.5, 0.6) is 0 Å². The van der Waals surface area contributed by atoms with E-state index in [-0.39, 0.29) is 30.2 Å². The van der Waals surface area contributed by atoms with E-state index in [0.717, 1.165) is 26.2 Å². The van der Waals surface area contributed by atoms with Gasteiger partial charge in [0, 0.05) is 37.1 Å². The first-order chi connectivity index (χ1) is 19.5. The number of nitrogens with one attached hydrogen (secondary N) is 1. The maximum Gasteiger partial charge on any atom is 0.410 e. The summed E-state index contributed by atoms with van der Waals surface area (Å²) in [7, 11) is 1.20. The van der Waals surface area contributed by atoms with Crippen molar-refractivity contribution in [2.45, 2.75) is 26.1 Å². The van der Waals surface area contributed by atoms with E-state index in [4.69, 9.17) is 0 Å². The predicted molar refractivity (Wildman–Crippen MR) is 147 cm³/mol. The first-order valence-corrected chi connectivity index (χ1v) is 13.9. The molecule has 4 aromatic rings. The fraction of sp³-hybridized carbons (Fsp3) is 0.320. The molecule has 0 aromatic carbocycles. The average molecular weight is 605 g/mol. The molecule has 11 nitrogen and oxygen atoms in total. The highest BCUT2D eigenvalue weighted by Gasteiger charge is 2.48. The van der Waals surface area contributed by atoms with Crippen LogP contribution in [0, 0.1) is 13.8 Å². The number of halogens is 3. The molecule has 0 aliphatic carbocycles. The van der Waals surface area contributed by atoms with Gasteiger partial charge in [-0.1, -0.05) is 0 Å². The lowest BCUT2D eigenvalue weighted by atomic mass is 10.1. The molecule has 1 unspecified atom stereocenters. The van der Waals surface area contributed by atoms with Gasteiger partial charge in [0.25, 0.3) is 5.91 Å². The number of anilines is 3. The van der Waals surface area contributed by atoms with Crippen LogP contribution in [0.3, 0.4) is 0 Å². The molecular weight excluding hydrogens is 581 g/mol. The SMILES string of the molecule is COC(=O)c1cnc(N2CCN(C(=O)c3ccc(Nc4nc(-c5sc(C)nc5C)cs4)nc3)C(C(F)(F)F)C2)nc1. The van der Waals surface area contributed by atoms with Gasteiger partial charge in [-0.15, -0.1) is 22.7 Å². The van der Waals surface area contributed by atoms with Gasteiger partial charge < -0.3 is 19.9 Å². The number of alkyl halides is 3. The van der Waals surface area contributed by atoms with Gasteiger partial charge in [-0.25, -0.2) is 29.7 Å². The molecule has 41 heavy (non-hydrogen) atoms. The second-order valence-corrected chi connectivity index (χ2v) is 11.1. The summed E-state index contributed by atoms with van der Waals surface area (Å²) in [5, 5.41) is 6.48. The van der Waals surface area contributed by atoms with Crippen LogP contribution in [0.1, 0.15) is 31.4 Å². The number of carbonyl (C=O) groups is 2. The largest absolute Gasteiger partial charge is 0.465 e. The molecule has 0 spiro atoms. The van der Waals surface area contributed by atoms with Crippen molar-refractivity contribution in [1.82, 2.24) is 29.8 Å². The lowest BCUT2D eigenvalue weighted by molar-refractivity contribution is -0.177. The number of methoxy groups -OCH3 is 1. The molecule has 5 rings (SSSR count). The van der Waals surface area contributed by atoms with E-state index in [0.29, 0.717) is 10.9 Å². The number of pyridine rings is 1. The Labute approximate surface area is 240 Å². The monoisotopic (exact) mass is 604 g/mol. The second-order valence-electron chi connectivity index (χ2n) is 9.01. The smallest absolute Gasteiger partial charge is 0.410 e. The van der Waals surface area contributed by atoms with E-state index in [1.807, 2.05) is 19.2 Å². The third kappa shape index (κ3) is 6.12. The lowest BCUT2D eigenvalue weighted by Crippen LogP contribution is -2.61. The van der Waals surface area contributed by atoms with E-state index in [2.05, 4.69) is 35.0 Å². The van der Waals surface area contributed by atoms with Crippen LogP contribution in [-0.2, 0) is 4.74 Å². The predicted octanol–water partition coefficient (Wildman–Crippen LogP) is 4.49. The Kier molecular flexibility index (Phi) is 7.86. The van der Waals surface area contributed by atoms with Gasteiger partial charge in [0.1, 0.15) is 11.9 Å². The zero-order valence-corrected chi connectivity index (χ0v) is 23.6. The molecule has 1 fully saturated rings. The first kappa shape index (κ1) is 28.4. The molecule has 0 saturated carbocycles. The molecule has 1 atom stereocenters. The maximum absolute atomic E-state index is 14.1. The lowest BCUT2D eigenvalue weighted by Gasteiger charge is -2.42. The molecule has 1 N–H and O–H groups in total. The molecule has 1 saturated heterocycles. The van der Waals surface area contributed by atoms with Crippen molar-refractivity contribution in [3.8, 4) is 10.6 Å². The van der Waals surface area contributed by atoms with Gasteiger partial charge in [0.15, 0.2) is 5.13 Å². The molecule has 16 heteroatoms. The van der Waals surface area contributed by atoms with Crippen molar-refractivity contribution >= 4 is 51.4 Å². The molecule has 4 aromatic heterocycles. The van der Waals surface area contributed by atoms with Gasteiger partial charge in [-0.2, -0.15) is 13.2 Å². The molecule has 214 valence electrons. The number of esters is 1. The van der Waals surface area contributed by atoms with Crippen LogP contribution in [0.2, 0.25) is 0 Å². The Hall–Kier alpha value is -4.18. The average Bonchev–Trinajstić information content (AvgIpc) is 3.56. The minimum Gasteiger partial charge on any atom is -0.465 e. The van der Waals surface area contributed by atoms with E-state index in [1.165, 1.54) is 54.1 Å². The Balaban J connectivity index is 1.27. The first-order valence-electron chi connectivity index (χ1n) is 12.2. The van der Waals surface area contributed by atoms with Gasteiger partial charge >= 0.3 is 12.1 Å². The minimum atomic E-state index is -4.70. The summed E-state index contributed by atoms with van der Waals surface area (Å²) in [4.78, 5) is 49.1. The summed E-state index contributed by atoms with van der Waals surface area (Å²) in [6, 6.07) is 0.849. The zero-order chi connectivity index (χ0) is 29.3. The number of nitrogens with zero attached hydrogens (tertiary/aromatic N) is 7. The van der Waals surface area contributed by atoms with Gasteiger partial charge in [0.05, 0.1) is 46.1 Å². The van der Waals surface area contributed by atoms with E-state index >= 15 is 0 Å². The molecule has 1 aliphatic heterocycles. The Bertz CT molecular complexity index is 1560. The van der Waals surface area contributed by atoms with E-state index in [1.54, 1.807) is 11.3 Å². The minimum absolute atomic E-state index is 0.0158. The number of rotatable bonds is 6.